The Balaban J connectivity index is 1.56. The summed E-state index contributed by atoms with van der Waals surface area (Å²) in [5.41, 5.74) is 3.16. The van der Waals surface area contributed by atoms with Crippen LogP contribution in [-0.4, -0.2) is 44.9 Å². The average Bonchev–Trinajstić information content (AvgIpc) is 3.40. The van der Waals surface area contributed by atoms with Crippen molar-refractivity contribution < 1.29 is 4.39 Å². The van der Waals surface area contributed by atoms with Crippen LogP contribution in [0.3, 0.4) is 0 Å². The Kier molecular flexibility index (Phi) is 4.24. The van der Waals surface area contributed by atoms with Crippen LogP contribution < -0.4 is 15.5 Å². The van der Waals surface area contributed by atoms with Crippen LogP contribution in [0.15, 0.2) is 30.3 Å². The number of halogens is 1. The van der Waals surface area contributed by atoms with E-state index in [2.05, 4.69) is 25.6 Å². The van der Waals surface area contributed by atoms with Crippen LogP contribution in [0.1, 0.15) is 23.4 Å². The van der Waals surface area contributed by atoms with Crippen molar-refractivity contribution in [2.45, 2.75) is 39.3 Å². The maximum absolute atomic E-state index is 14.0. The van der Waals surface area contributed by atoms with Gasteiger partial charge >= 0.3 is 0 Å². The normalized spacial score (nSPS) is 20.5. The van der Waals surface area contributed by atoms with Gasteiger partial charge in [-0.2, -0.15) is 15.1 Å². The number of fused-ring (bicyclic) bond motifs is 2. The second-order valence-electron chi connectivity index (χ2n) is 7.98. The zero-order valence-corrected chi connectivity index (χ0v) is 16.8. The zero-order valence-electron chi connectivity index (χ0n) is 16.8. The molecule has 7 nitrogen and oxygen atoms in total. The number of anilines is 3. The number of aryl methyl sites for hydroxylation is 3. The second-order valence-corrected chi connectivity index (χ2v) is 7.98. The summed E-state index contributed by atoms with van der Waals surface area (Å²) in [6.45, 7) is 7.61. The molecule has 2 bridgehead atoms. The molecule has 0 amide bonds. The lowest BCUT2D eigenvalue weighted by atomic mass is 10.2. The third-order valence-electron chi connectivity index (χ3n) is 5.70. The quantitative estimate of drug-likeness (QED) is 0.710. The number of benzene rings is 1. The van der Waals surface area contributed by atoms with Crippen molar-refractivity contribution in [3.63, 3.8) is 0 Å². The van der Waals surface area contributed by atoms with Gasteiger partial charge in [0.25, 0.3) is 0 Å². The van der Waals surface area contributed by atoms with Gasteiger partial charge in [-0.15, -0.1) is 0 Å². The van der Waals surface area contributed by atoms with Gasteiger partial charge in [-0.3, -0.25) is 0 Å². The van der Waals surface area contributed by atoms with E-state index in [1.165, 1.54) is 6.07 Å². The molecule has 29 heavy (non-hydrogen) atoms. The summed E-state index contributed by atoms with van der Waals surface area (Å²) in [7, 11) is 0. The summed E-state index contributed by atoms with van der Waals surface area (Å²) in [6, 6.07) is 10.00. The van der Waals surface area contributed by atoms with Crippen LogP contribution in [0.4, 0.5) is 21.8 Å². The molecule has 5 rings (SSSR count). The summed E-state index contributed by atoms with van der Waals surface area (Å²) in [5.74, 6) is 1.75. The number of hydrogen-bond acceptors (Lipinski definition) is 6. The highest BCUT2D eigenvalue weighted by atomic mass is 19.1. The lowest BCUT2D eigenvalue weighted by molar-refractivity contribution is 0.576. The Morgan fingerprint density at radius 3 is 2.59 bits per heavy atom. The van der Waals surface area contributed by atoms with Crippen LogP contribution in [-0.2, 0) is 0 Å². The topological polar surface area (TPSA) is 70.9 Å². The Hall–Kier alpha value is -3.00. The van der Waals surface area contributed by atoms with Crippen molar-refractivity contribution in [2.24, 2.45) is 0 Å². The second kappa shape index (κ2) is 6.81. The predicted molar refractivity (Wildman–Crippen MR) is 111 cm³/mol. The maximum Gasteiger partial charge on any atom is 0.231 e. The largest absolute Gasteiger partial charge is 0.350 e. The summed E-state index contributed by atoms with van der Waals surface area (Å²) in [5, 5.41) is 11.3. The molecule has 4 heterocycles. The van der Waals surface area contributed by atoms with E-state index in [0.29, 0.717) is 35.1 Å². The molecule has 0 saturated carbocycles. The molecule has 2 aromatic heterocycles. The molecule has 0 unspecified atom stereocenters. The maximum atomic E-state index is 14.0. The van der Waals surface area contributed by atoms with Gasteiger partial charge in [-0.05, 0) is 51.0 Å². The van der Waals surface area contributed by atoms with E-state index >= 15 is 0 Å². The Morgan fingerprint density at radius 1 is 1.10 bits per heavy atom. The minimum atomic E-state index is -0.257. The van der Waals surface area contributed by atoms with Crippen LogP contribution in [0.2, 0.25) is 0 Å². The van der Waals surface area contributed by atoms with Crippen molar-refractivity contribution in [1.29, 1.82) is 0 Å². The lowest BCUT2D eigenvalue weighted by Crippen LogP contribution is -2.44. The van der Waals surface area contributed by atoms with Gasteiger partial charge in [-0.25, -0.2) is 9.07 Å². The summed E-state index contributed by atoms with van der Waals surface area (Å²) < 4.78 is 15.8. The molecule has 8 heteroatoms. The monoisotopic (exact) mass is 393 g/mol. The molecule has 150 valence electrons. The van der Waals surface area contributed by atoms with Crippen molar-refractivity contribution in [2.75, 3.05) is 23.3 Å². The van der Waals surface area contributed by atoms with Gasteiger partial charge in [0.05, 0.1) is 5.69 Å². The molecular formula is C21H24FN7. The van der Waals surface area contributed by atoms with Crippen molar-refractivity contribution in [1.82, 2.24) is 25.1 Å². The zero-order chi connectivity index (χ0) is 20.1. The van der Waals surface area contributed by atoms with Gasteiger partial charge in [0.1, 0.15) is 11.6 Å². The molecule has 1 aromatic carbocycles. The van der Waals surface area contributed by atoms with E-state index in [1.807, 2.05) is 36.7 Å². The number of piperazine rings is 1. The summed E-state index contributed by atoms with van der Waals surface area (Å²) in [6.07, 6.45) is 1.13. The van der Waals surface area contributed by atoms with Crippen LogP contribution in [0.25, 0.3) is 5.82 Å². The van der Waals surface area contributed by atoms with Gasteiger partial charge in [0.2, 0.25) is 5.95 Å². The van der Waals surface area contributed by atoms with E-state index in [9.17, 15) is 4.39 Å². The van der Waals surface area contributed by atoms with Gasteiger partial charge in [0, 0.05) is 42.6 Å². The highest BCUT2D eigenvalue weighted by Gasteiger charge is 2.38. The first-order chi connectivity index (χ1) is 14.0. The lowest BCUT2D eigenvalue weighted by Gasteiger charge is -2.29. The number of rotatable bonds is 4. The Labute approximate surface area is 169 Å². The van der Waals surface area contributed by atoms with Crippen LogP contribution >= 0.6 is 0 Å². The van der Waals surface area contributed by atoms with E-state index < -0.39 is 0 Å². The Bertz CT molecular complexity index is 1080. The van der Waals surface area contributed by atoms with Crippen molar-refractivity contribution >= 4 is 17.5 Å². The molecule has 2 saturated heterocycles. The van der Waals surface area contributed by atoms with E-state index in [-0.39, 0.29) is 5.82 Å². The predicted octanol–water partition coefficient (Wildman–Crippen LogP) is 3.02. The first-order valence-corrected chi connectivity index (χ1v) is 9.92. The highest BCUT2D eigenvalue weighted by molar-refractivity contribution is 5.58. The number of aromatic nitrogens is 4. The smallest absolute Gasteiger partial charge is 0.231 e. The van der Waals surface area contributed by atoms with Gasteiger partial charge in [0.15, 0.2) is 5.82 Å². The Morgan fingerprint density at radius 2 is 1.93 bits per heavy atom. The number of nitrogens with one attached hydrogen (secondary N) is 2. The SMILES string of the molecule is Cc1cc(C)n(-c2cc(N3C[C@H]4C[C@@H]3CN4)nc(Nc3ccc(C)c(F)c3)n2)n1. The molecular weight excluding hydrogens is 369 g/mol. The van der Waals surface area contributed by atoms with Crippen LogP contribution in [0, 0.1) is 26.6 Å². The molecule has 2 aliphatic rings. The summed E-state index contributed by atoms with van der Waals surface area (Å²) in [4.78, 5) is 11.8. The minimum Gasteiger partial charge on any atom is -0.350 e. The van der Waals surface area contributed by atoms with Crippen LogP contribution in [0.5, 0.6) is 0 Å². The standard InChI is InChI=1S/C21H24FN7/c1-12-4-5-15(8-18(12)22)24-21-25-19(28-11-16-7-17(28)10-23-16)9-20(26-21)29-14(3)6-13(2)27-29/h4-6,8-9,16-17,23H,7,10-11H2,1-3H3,(H,24,25,26)/t16-,17-/m1/s1. The molecule has 3 aromatic rings. The first-order valence-electron chi connectivity index (χ1n) is 9.92. The fraction of sp³-hybridized carbons (Fsp3) is 0.381. The van der Waals surface area contributed by atoms with Gasteiger partial charge < -0.3 is 15.5 Å². The molecule has 0 radical (unpaired) electrons. The highest BCUT2D eigenvalue weighted by Crippen LogP contribution is 2.30. The fourth-order valence-corrected chi connectivity index (χ4v) is 4.24. The minimum absolute atomic E-state index is 0.257. The average molecular weight is 393 g/mol. The van der Waals surface area contributed by atoms with Gasteiger partial charge in [-0.1, -0.05) is 6.07 Å². The molecule has 2 fully saturated rings. The fourth-order valence-electron chi connectivity index (χ4n) is 4.24. The van der Waals surface area contributed by atoms with Crippen molar-refractivity contribution in [3.05, 3.63) is 53.1 Å². The van der Waals surface area contributed by atoms with E-state index in [4.69, 9.17) is 4.98 Å². The summed E-state index contributed by atoms with van der Waals surface area (Å²) >= 11 is 0. The first kappa shape index (κ1) is 18.1. The van der Waals surface area contributed by atoms with E-state index in [0.717, 1.165) is 36.7 Å². The molecule has 2 atom stereocenters. The van der Waals surface area contributed by atoms with E-state index in [1.54, 1.807) is 13.0 Å². The van der Waals surface area contributed by atoms with Crippen molar-refractivity contribution in [3.8, 4) is 5.82 Å². The number of hydrogen-bond donors (Lipinski definition) is 2. The molecule has 0 spiro atoms. The third-order valence-corrected chi connectivity index (χ3v) is 5.70. The molecule has 2 N–H and O–H groups in total. The molecule has 2 aliphatic heterocycles. The number of nitrogens with zero attached hydrogens (tertiary/aromatic N) is 5. The third kappa shape index (κ3) is 3.33. The molecule has 0 aliphatic carbocycles.